The number of halogens is 3. The number of rotatable bonds is 3. The van der Waals surface area contributed by atoms with E-state index in [1.165, 1.54) is 19.2 Å². The van der Waals surface area contributed by atoms with Crippen molar-refractivity contribution in [1.82, 2.24) is 0 Å². The lowest BCUT2D eigenvalue weighted by Gasteiger charge is -2.11. The van der Waals surface area contributed by atoms with E-state index in [0.29, 0.717) is 5.56 Å². The van der Waals surface area contributed by atoms with Crippen LogP contribution >= 0.6 is 24.0 Å². The molecule has 6 heteroatoms. The van der Waals surface area contributed by atoms with Gasteiger partial charge in [0.25, 0.3) is 0 Å². The first-order chi connectivity index (χ1) is 6.60. The minimum absolute atomic E-state index is 0. The number of phenols is 1. The topological polar surface area (TPSA) is 55.5 Å². The van der Waals surface area contributed by atoms with Crippen LogP contribution in [0.25, 0.3) is 0 Å². The number of nitrogens with two attached hydrogens (primary N) is 1. The summed E-state index contributed by atoms with van der Waals surface area (Å²) in [6.45, 7) is -0.690. The molecule has 0 aliphatic rings. The van der Waals surface area contributed by atoms with Crippen molar-refractivity contribution in [2.75, 3.05) is 13.8 Å². The first-order valence-electron chi connectivity index (χ1n) is 3.98. The van der Waals surface area contributed by atoms with Gasteiger partial charge in [0.05, 0.1) is 18.2 Å². The fourth-order valence-corrected chi connectivity index (χ4v) is 1.27. The largest absolute Gasteiger partial charge is 0.503 e. The molecule has 1 aromatic rings. The van der Waals surface area contributed by atoms with Crippen molar-refractivity contribution in [1.29, 1.82) is 0 Å². The summed E-state index contributed by atoms with van der Waals surface area (Å²) in [7, 11) is 1.39. The van der Waals surface area contributed by atoms with Crippen molar-refractivity contribution < 1.29 is 14.2 Å². The summed E-state index contributed by atoms with van der Waals surface area (Å²) in [4.78, 5) is 0. The van der Waals surface area contributed by atoms with Crippen LogP contribution in [-0.4, -0.2) is 18.9 Å². The minimum Gasteiger partial charge on any atom is -0.503 e. The molecule has 15 heavy (non-hydrogen) atoms. The second-order valence-electron chi connectivity index (χ2n) is 2.81. The molecule has 0 aliphatic carbocycles. The number of methoxy groups -OCH3 is 1. The van der Waals surface area contributed by atoms with Gasteiger partial charge in [0, 0.05) is 0 Å². The molecule has 0 saturated heterocycles. The van der Waals surface area contributed by atoms with Crippen LogP contribution in [0, 0.1) is 0 Å². The lowest BCUT2D eigenvalue weighted by atomic mass is 10.1. The van der Waals surface area contributed by atoms with Gasteiger partial charge in [-0.05, 0) is 17.7 Å². The smallest absolute Gasteiger partial charge is 0.176 e. The van der Waals surface area contributed by atoms with E-state index in [1.54, 1.807) is 0 Å². The van der Waals surface area contributed by atoms with E-state index >= 15 is 0 Å². The monoisotopic (exact) mass is 255 g/mol. The van der Waals surface area contributed by atoms with Crippen LogP contribution in [0.2, 0.25) is 5.02 Å². The Kier molecular flexibility index (Phi) is 5.72. The van der Waals surface area contributed by atoms with Gasteiger partial charge in [0.2, 0.25) is 0 Å². The lowest BCUT2D eigenvalue weighted by molar-refractivity contribution is 0.371. The fraction of sp³-hybridized carbons (Fsp3) is 0.333. The standard InChI is InChI=1S/C9H11ClFNO2.ClH/c1-14-8-3-5(7(12)4-11)2-6(10)9(8)13;/h2-3,7,13H,4,12H2,1H3;1H/t7-;/m1./s1. The molecule has 0 spiro atoms. The van der Waals surface area contributed by atoms with Gasteiger partial charge in [-0.15, -0.1) is 12.4 Å². The van der Waals surface area contributed by atoms with Crippen molar-refractivity contribution in [2.45, 2.75) is 6.04 Å². The van der Waals surface area contributed by atoms with E-state index in [-0.39, 0.29) is 28.9 Å². The van der Waals surface area contributed by atoms with Crippen molar-refractivity contribution in [3.8, 4) is 11.5 Å². The molecule has 0 fully saturated rings. The van der Waals surface area contributed by atoms with Gasteiger partial charge in [0.1, 0.15) is 6.67 Å². The SMILES string of the molecule is COc1cc([C@H](N)CF)cc(Cl)c1O.Cl. The maximum Gasteiger partial charge on any atom is 0.176 e. The van der Waals surface area contributed by atoms with Gasteiger partial charge in [-0.1, -0.05) is 11.6 Å². The summed E-state index contributed by atoms with van der Waals surface area (Å²) < 4.78 is 17.1. The predicted octanol–water partition coefficient (Wildman–Crippen LogP) is 2.45. The summed E-state index contributed by atoms with van der Waals surface area (Å²) in [6, 6.07) is 2.14. The highest BCUT2D eigenvalue weighted by atomic mass is 35.5. The third kappa shape index (κ3) is 3.12. The molecule has 3 N–H and O–H groups in total. The third-order valence-electron chi connectivity index (χ3n) is 1.87. The molecule has 0 aromatic heterocycles. The molecule has 3 nitrogen and oxygen atoms in total. The summed E-state index contributed by atoms with van der Waals surface area (Å²) in [5.74, 6) is 0.0281. The quantitative estimate of drug-likeness (QED) is 0.873. The van der Waals surface area contributed by atoms with E-state index in [9.17, 15) is 9.50 Å². The van der Waals surface area contributed by atoms with Crippen LogP contribution in [0.1, 0.15) is 11.6 Å². The Labute approximate surface area is 98.4 Å². The molecule has 0 unspecified atom stereocenters. The van der Waals surface area contributed by atoms with Gasteiger partial charge in [-0.3, -0.25) is 0 Å². The number of hydrogen-bond donors (Lipinski definition) is 2. The average Bonchev–Trinajstić information content (AvgIpc) is 2.20. The second kappa shape index (κ2) is 6.00. The Hall–Kier alpha value is -0.710. The Morgan fingerprint density at radius 1 is 1.60 bits per heavy atom. The van der Waals surface area contributed by atoms with Crippen molar-refractivity contribution >= 4 is 24.0 Å². The van der Waals surface area contributed by atoms with Crippen molar-refractivity contribution in [2.24, 2.45) is 5.73 Å². The molecule has 1 aromatic carbocycles. The number of benzene rings is 1. The lowest BCUT2D eigenvalue weighted by Crippen LogP contribution is -2.12. The molecule has 0 bridgehead atoms. The summed E-state index contributed by atoms with van der Waals surface area (Å²) >= 11 is 5.69. The van der Waals surface area contributed by atoms with Gasteiger partial charge >= 0.3 is 0 Å². The third-order valence-corrected chi connectivity index (χ3v) is 2.15. The van der Waals surface area contributed by atoms with E-state index in [2.05, 4.69) is 0 Å². The summed E-state index contributed by atoms with van der Waals surface area (Å²) in [6.07, 6.45) is 0. The molecule has 0 heterocycles. The van der Waals surface area contributed by atoms with Gasteiger partial charge in [0.15, 0.2) is 11.5 Å². The molecule has 1 atom stereocenters. The second-order valence-corrected chi connectivity index (χ2v) is 3.22. The average molecular weight is 256 g/mol. The summed E-state index contributed by atoms with van der Waals surface area (Å²) in [5, 5.41) is 9.49. The highest BCUT2D eigenvalue weighted by molar-refractivity contribution is 6.32. The van der Waals surface area contributed by atoms with Gasteiger partial charge in [-0.2, -0.15) is 0 Å². The zero-order valence-corrected chi connectivity index (χ0v) is 9.61. The van der Waals surface area contributed by atoms with Crippen LogP contribution in [0.3, 0.4) is 0 Å². The first kappa shape index (κ1) is 14.3. The van der Waals surface area contributed by atoms with Crippen LogP contribution in [-0.2, 0) is 0 Å². The van der Waals surface area contributed by atoms with E-state index < -0.39 is 12.7 Å². The van der Waals surface area contributed by atoms with Crippen LogP contribution in [0.15, 0.2) is 12.1 Å². The maximum atomic E-state index is 12.3. The highest BCUT2D eigenvalue weighted by Gasteiger charge is 2.13. The molecule has 0 radical (unpaired) electrons. The number of hydrogen-bond acceptors (Lipinski definition) is 3. The first-order valence-corrected chi connectivity index (χ1v) is 4.36. The minimum atomic E-state index is -0.748. The fourth-order valence-electron chi connectivity index (χ4n) is 1.05. The van der Waals surface area contributed by atoms with Crippen LogP contribution in [0.4, 0.5) is 4.39 Å². The Balaban J connectivity index is 0.00000196. The number of alkyl halides is 1. The highest BCUT2D eigenvalue weighted by Crippen LogP contribution is 2.36. The van der Waals surface area contributed by atoms with Gasteiger partial charge < -0.3 is 15.6 Å². The normalized spacial score (nSPS) is 11.7. The molecule has 1 rings (SSSR count). The molecular formula is C9H12Cl2FNO2. The zero-order valence-electron chi connectivity index (χ0n) is 8.04. The molecular weight excluding hydrogens is 244 g/mol. The van der Waals surface area contributed by atoms with E-state index in [1.807, 2.05) is 0 Å². The Morgan fingerprint density at radius 3 is 2.67 bits per heavy atom. The van der Waals surface area contributed by atoms with Crippen molar-refractivity contribution in [3.63, 3.8) is 0 Å². The Morgan fingerprint density at radius 2 is 2.20 bits per heavy atom. The van der Waals surface area contributed by atoms with Crippen molar-refractivity contribution in [3.05, 3.63) is 22.7 Å². The summed E-state index contributed by atoms with van der Waals surface area (Å²) in [5.41, 5.74) is 5.96. The number of ether oxygens (including phenoxy) is 1. The number of phenolic OH excluding ortho intramolecular Hbond substituents is 1. The molecule has 0 saturated carbocycles. The Bertz CT molecular complexity index is 336. The molecule has 0 amide bonds. The van der Waals surface area contributed by atoms with Gasteiger partial charge in [-0.25, -0.2) is 4.39 Å². The molecule has 0 aliphatic heterocycles. The van der Waals surface area contributed by atoms with E-state index in [0.717, 1.165) is 0 Å². The van der Waals surface area contributed by atoms with E-state index in [4.69, 9.17) is 22.1 Å². The number of aromatic hydroxyl groups is 1. The zero-order chi connectivity index (χ0) is 10.7. The maximum absolute atomic E-state index is 12.3. The molecule has 86 valence electrons. The van der Waals surface area contributed by atoms with Crippen LogP contribution < -0.4 is 10.5 Å². The predicted molar refractivity (Wildman–Crippen MR) is 59.8 cm³/mol. The van der Waals surface area contributed by atoms with Crippen LogP contribution in [0.5, 0.6) is 11.5 Å².